The van der Waals surface area contributed by atoms with Gasteiger partial charge in [-0.1, -0.05) is 17.7 Å². The topological polar surface area (TPSA) is 49.9 Å². The first kappa shape index (κ1) is 18.9. The summed E-state index contributed by atoms with van der Waals surface area (Å²) in [6.07, 6.45) is 3.54. The fourth-order valence-corrected chi connectivity index (χ4v) is 3.95. The average Bonchev–Trinajstić information content (AvgIpc) is 2.67. The van der Waals surface area contributed by atoms with Crippen molar-refractivity contribution in [3.63, 3.8) is 0 Å². The molecule has 0 saturated carbocycles. The van der Waals surface area contributed by atoms with Crippen molar-refractivity contribution in [1.29, 1.82) is 0 Å². The first-order chi connectivity index (χ1) is 12.5. The number of aryl methyl sites for hydroxylation is 2. The van der Waals surface area contributed by atoms with Gasteiger partial charge in [-0.3, -0.25) is 9.59 Å². The van der Waals surface area contributed by atoms with Gasteiger partial charge in [0.1, 0.15) is 0 Å². The van der Waals surface area contributed by atoms with Gasteiger partial charge in [-0.05, 0) is 50.7 Å². The fourth-order valence-electron chi connectivity index (χ4n) is 3.95. The first-order valence-corrected chi connectivity index (χ1v) is 9.76. The summed E-state index contributed by atoms with van der Waals surface area (Å²) in [7, 11) is 0. The van der Waals surface area contributed by atoms with Crippen molar-refractivity contribution in [2.24, 2.45) is 5.92 Å². The lowest BCUT2D eigenvalue weighted by molar-refractivity contribution is -0.135. The van der Waals surface area contributed by atoms with E-state index in [1.54, 1.807) is 0 Å². The monoisotopic (exact) mass is 358 g/mol. The molecule has 26 heavy (non-hydrogen) atoms. The molecule has 2 heterocycles. The molecule has 0 aromatic heterocycles. The molecule has 5 nitrogen and oxygen atoms in total. The van der Waals surface area contributed by atoms with Crippen LogP contribution >= 0.6 is 0 Å². The van der Waals surface area contributed by atoms with Gasteiger partial charge in [-0.25, -0.2) is 0 Å². The number of rotatable bonds is 4. The molecule has 1 aromatic carbocycles. The zero-order chi connectivity index (χ0) is 18.5. The van der Waals surface area contributed by atoms with Crippen molar-refractivity contribution in [2.45, 2.75) is 39.5 Å². The molecule has 0 radical (unpaired) electrons. The number of morpholine rings is 1. The van der Waals surface area contributed by atoms with Gasteiger partial charge in [0.05, 0.1) is 13.2 Å². The van der Waals surface area contributed by atoms with Crippen LogP contribution in [0.1, 0.15) is 47.2 Å². The Morgan fingerprint density at radius 1 is 1.04 bits per heavy atom. The molecule has 3 rings (SSSR count). The third-order valence-corrected chi connectivity index (χ3v) is 5.64. The Hall–Kier alpha value is -1.88. The normalized spacial score (nSPS) is 18.8. The van der Waals surface area contributed by atoms with Crippen LogP contribution in [0.3, 0.4) is 0 Å². The number of hydrogen-bond donors (Lipinski definition) is 0. The Morgan fingerprint density at radius 2 is 1.73 bits per heavy atom. The number of nitrogens with zero attached hydrogens (tertiary/aromatic N) is 2. The first-order valence-electron chi connectivity index (χ1n) is 9.76. The lowest BCUT2D eigenvalue weighted by Gasteiger charge is -2.33. The van der Waals surface area contributed by atoms with E-state index in [1.165, 1.54) is 5.56 Å². The van der Waals surface area contributed by atoms with E-state index < -0.39 is 0 Å². The largest absolute Gasteiger partial charge is 0.378 e. The molecule has 2 amide bonds. The zero-order valence-corrected chi connectivity index (χ0v) is 16.0. The summed E-state index contributed by atoms with van der Waals surface area (Å²) in [6, 6.07) is 6.02. The van der Waals surface area contributed by atoms with E-state index in [4.69, 9.17) is 4.74 Å². The molecular formula is C21H30N2O3. The number of piperidine rings is 1. The summed E-state index contributed by atoms with van der Waals surface area (Å²) in [5.74, 6) is 0.940. The molecule has 0 bridgehead atoms. The number of benzene rings is 1. The van der Waals surface area contributed by atoms with Crippen LogP contribution < -0.4 is 0 Å². The second-order valence-corrected chi connectivity index (χ2v) is 7.59. The molecule has 142 valence electrons. The van der Waals surface area contributed by atoms with Gasteiger partial charge in [0, 0.05) is 38.2 Å². The van der Waals surface area contributed by atoms with Gasteiger partial charge in [0.15, 0.2) is 0 Å². The fraction of sp³-hybridized carbons (Fsp3) is 0.619. The minimum absolute atomic E-state index is 0.144. The third kappa shape index (κ3) is 4.64. The van der Waals surface area contributed by atoms with Crippen LogP contribution in [0.15, 0.2) is 18.2 Å². The van der Waals surface area contributed by atoms with E-state index in [1.807, 2.05) is 35.8 Å². The highest BCUT2D eigenvalue weighted by molar-refractivity contribution is 5.95. The second kappa shape index (κ2) is 8.67. The molecule has 0 N–H and O–H groups in total. The summed E-state index contributed by atoms with van der Waals surface area (Å²) in [6.45, 7) is 8.40. The van der Waals surface area contributed by atoms with Gasteiger partial charge in [0.2, 0.25) is 5.91 Å². The van der Waals surface area contributed by atoms with E-state index >= 15 is 0 Å². The van der Waals surface area contributed by atoms with E-state index in [-0.39, 0.29) is 11.8 Å². The van der Waals surface area contributed by atoms with Crippen molar-refractivity contribution in [2.75, 3.05) is 39.4 Å². The number of carbonyl (C=O) groups excluding carboxylic acids is 2. The Bertz CT molecular complexity index is 645. The maximum absolute atomic E-state index is 12.8. The summed E-state index contributed by atoms with van der Waals surface area (Å²) < 4.78 is 5.30. The Morgan fingerprint density at radius 3 is 2.38 bits per heavy atom. The average molecular weight is 358 g/mol. The SMILES string of the molecule is Cc1ccc(C(=O)N2CCC(CCC(=O)N3CCOCC3)CC2)c(C)c1. The van der Waals surface area contributed by atoms with Crippen molar-refractivity contribution in [3.8, 4) is 0 Å². The van der Waals surface area contributed by atoms with E-state index in [0.29, 0.717) is 25.6 Å². The van der Waals surface area contributed by atoms with Crippen LogP contribution in [0.2, 0.25) is 0 Å². The highest BCUT2D eigenvalue weighted by atomic mass is 16.5. The summed E-state index contributed by atoms with van der Waals surface area (Å²) >= 11 is 0. The molecule has 0 aliphatic carbocycles. The molecule has 5 heteroatoms. The summed E-state index contributed by atoms with van der Waals surface area (Å²) in [5.41, 5.74) is 3.05. The summed E-state index contributed by atoms with van der Waals surface area (Å²) in [5, 5.41) is 0. The Kier molecular flexibility index (Phi) is 6.30. The minimum Gasteiger partial charge on any atom is -0.378 e. The standard InChI is InChI=1S/C21H30N2O3/c1-16-3-5-19(17(2)15-16)21(25)23-9-7-18(8-10-23)4-6-20(24)22-11-13-26-14-12-22/h3,5,15,18H,4,6-14H2,1-2H3. The number of hydrogen-bond acceptors (Lipinski definition) is 3. The van der Waals surface area contributed by atoms with Gasteiger partial charge < -0.3 is 14.5 Å². The molecule has 2 saturated heterocycles. The van der Waals surface area contributed by atoms with E-state index in [9.17, 15) is 9.59 Å². The van der Waals surface area contributed by atoms with Gasteiger partial charge in [0.25, 0.3) is 5.91 Å². The number of carbonyl (C=O) groups is 2. The van der Waals surface area contributed by atoms with Gasteiger partial charge in [-0.15, -0.1) is 0 Å². The van der Waals surface area contributed by atoms with Crippen molar-refractivity contribution in [1.82, 2.24) is 9.80 Å². The smallest absolute Gasteiger partial charge is 0.254 e. The number of ether oxygens (including phenoxy) is 1. The molecule has 2 aliphatic rings. The molecule has 0 spiro atoms. The van der Waals surface area contributed by atoms with Crippen LogP contribution in [0.5, 0.6) is 0 Å². The molecule has 0 atom stereocenters. The van der Waals surface area contributed by atoms with Crippen LogP contribution in [-0.2, 0) is 9.53 Å². The van der Waals surface area contributed by atoms with Crippen LogP contribution in [0, 0.1) is 19.8 Å². The van der Waals surface area contributed by atoms with Crippen molar-refractivity contribution >= 4 is 11.8 Å². The molecular weight excluding hydrogens is 328 g/mol. The molecule has 2 fully saturated rings. The van der Waals surface area contributed by atoms with Crippen LogP contribution in [-0.4, -0.2) is 61.0 Å². The van der Waals surface area contributed by atoms with E-state index in [0.717, 1.165) is 56.6 Å². The van der Waals surface area contributed by atoms with Gasteiger partial charge >= 0.3 is 0 Å². The quantitative estimate of drug-likeness (QED) is 0.832. The lowest BCUT2D eigenvalue weighted by Crippen LogP contribution is -2.41. The summed E-state index contributed by atoms with van der Waals surface area (Å²) in [4.78, 5) is 28.9. The van der Waals surface area contributed by atoms with E-state index in [2.05, 4.69) is 6.07 Å². The number of amides is 2. The Labute approximate surface area is 156 Å². The predicted octanol–water partition coefficient (Wildman–Crippen LogP) is 2.79. The zero-order valence-electron chi connectivity index (χ0n) is 16.0. The Balaban J connectivity index is 1.45. The van der Waals surface area contributed by atoms with Crippen LogP contribution in [0.25, 0.3) is 0 Å². The highest BCUT2D eigenvalue weighted by Crippen LogP contribution is 2.24. The van der Waals surface area contributed by atoms with Crippen LogP contribution in [0.4, 0.5) is 0 Å². The predicted molar refractivity (Wildman–Crippen MR) is 101 cm³/mol. The minimum atomic E-state index is 0.144. The second-order valence-electron chi connectivity index (χ2n) is 7.59. The maximum atomic E-state index is 12.8. The molecule has 0 unspecified atom stereocenters. The lowest BCUT2D eigenvalue weighted by atomic mass is 9.91. The van der Waals surface area contributed by atoms with Crippen molar-refractivity contribution < 1.29 is 14.3 Å². The maximum Gasteiger partial charge on any atom is 0.254 e. The number of likely N-dealkylation sites (tertiary alicyclic amines) is 1. The molecule has 1 aromatic rings. The van der Waals surface area contributed by atoms with Crippen molar-refractivity contribution in [3.05, 3.63) is 34.9 Å². The van der Waals surface area contributed by atoms with Gasteiger partial charge in [-0.2, -0.15) is 0 Å². The molecule has 2 aliphatic heterocycles. The third-order valence-electron chi connectivity index (χ3n) is 5.64. The highest BCUT2D eigenvalue weighted by Gasteiger charge is 2.25.